The van der Waals surface area contributed by atoms with Crippen LogP contribution in [0, 0.1) is 20.8 Å². The molecule has 2 rings (SSSR count). The van der Waals surface area contributed by atoms with Crippen LogP contribution < -0.4 is 0 Å². The summed E-state index contributed by atoms with van der Waals surface area (Å²) >= 11 is 0. The van der Waals surface area contributed by atoms with E-state index in [0.717, 1.165) is 17.9 Å². The van der Waals surface area contributed by atoms with E-state index in [1.165, 1.54) is 12.4 Å². The SMILES string of the molecule is CCn1c(C)cc(C(=O)COC(=O)c2cnc(C)cn2)c1C. The first-order chi connectivity index (χ1) is 10.4. The van der Waals surface area contributed by atoms with Crippen molar-refractivity contribution in [3.05, 3.63) is 46.8 Å². The van der Waals surface area contributed by atoms with Crippen molar-refractivity contribution in [3.8, 4) is 0 Å². The molecule has 116 valence electrons. The van der Waals surface area contributed by atoms with Crippen LogP contribution in [-0.2, 0) is 11.3 Å². The van der Waals surface area contributed by atoms with Gasteiger partial charge in [-0.25, -0.2) is 9.78 Å². The van der Waals surface area contributed by atoms with Crippen molar-refractivity contribution >= 4 is 11.8 Å². The average molecular weight is 301 g/mol. The van der Waals surface area contributed by atoms with Gasteiger partial charge in [0.25, 0.3) is 0 Å². The number of aryl methyl sites for hydroxylation is 2. The lowest BCUT2D eigenvalue weighted by Crippen LogP contribution is -2.16. The standard InChI is InChI=1S/C16H19N3O3/c1-5-19-11(3)6-13(12(19)4)15(20)9-22-16(21)14-8-17-10(2)7-18-14/h6-8H,5,9H2,1-4H3. The van der Waals surface area contributed by atoms with Crippen LogP contribution in [0.15, 0.2) is 18.5 Å². The van der Waals surface area contributed by atoms with Crippen molar-refractivity contribution in [2.75, 3.05) is 6.61 Å². The van der Waals surface area contributed by atoms with Gasteiger partial charge in [-0.05, 0) is 33.8 Å². The third-order valence-corrected chi connectivity index (χ3v) is 3.51. The summed E-state index contributed by atoms with van der Waals surface area (Å²) in [7, 11) is 0. The number of rotatable bonds is 5. The van der Waals surface area contributed by atoms with Gasteiger partial charge in [0, 0.05) is 29.7 Å². The monoisotopic (exact) mass is 301 g/mol. The molecule has 2 heterocycles. The third kappa shape index (κ3) is 3.21. The molecule has 0 aromatic carbocycles. The lowest BCUT2D eigenvalue weighted by Gasteiger charge is -2.06. The zero-order valence-electron chi connectivity index (χ0n) is 13.2. The smallest absolute Gasteiger partial charge is 0.358 e. The minimum Gasteiger partial charge on any atom is -0.453 e. The first kappa shape index (κ1) is 15.9. The number of hydrogen-bond donors (Lipinski definition) is 0. The molecule has 0 spiro atoms. The van der Waals surface area contributed by atoms with Crippen LogP contribution in [0.4, 0.5) is 0 Å². The van der Waals surface area contributed by atoms with Gasteiger partial charge in [-0.3, -0.25) is 9.78 Å². The third-order valence-electron chi connectivity index (χ3n) is 3.51. The van der Waals surface area contributed by atoms with Crippen LogP contribution in [0.1, 0.15) is 44.9 Å². The molecule has 0 unspecified atom stereocenters. The highest BCUT2D eigenvalue weighted by molar-refractivity contribution is 6.00. The van der Waals surface area contributed by atoms with E-state index in [1.807, 2.05) is 31.4 Å². The summed E-state index contributed by atoms with van der Waals surface area (Å²) in [5, 5.41) is 0. The molecule has 2 aromatic rings. The van der Waals surface area contributed by atoms with Crippen molar-refractivity contribution in [1.29, 1.82) is 0 Å². The molecule has 0 radical (unpaired) electrons. The molecule has 0 saturated carbocycles. The summed E-state index contributed by atoms with van der Waals surface area (Å²) in [5.74, 6) is -0.869. The number of carbonyl (C=O) groups excluding carboxylic acids is 2. The largest absolute Gasteiger partial charge is 0.453 e. The van der Waals surface area contributed by atoms with Gasteiger partial charge in [0.1, 0.15) is 0 Å². The fraction of sp³-hybridized carbons (Fsp3) is 0.375. The first-order valence-corrected chi connectivity index (χ1v) is 7.09. The molecule has 0 fully saturated rings. The van der Waals surface area contributed by atoms with Gasteiger partial charge in [-0.2, -0.15) is 0 Å². The Balaban J connectivity index is 2.04. The molecule has 0 saturated heterocycles. The summed E-state index contributed by atoms with van der Waals surface area (Å²) in [5.41, 5.74) is 3.29. The quantitative estimate of drug-likeness (QED) is 0.625. The van der Waals surface area contributed by atoms with Crippen molar-refractivity contribution in [1.82, 2.24) is 14.5 Å². The Morgan fingerprint density at radius 1 is 1.18 bits per heavy atom. The molecule has 22 heavy (non-hydrogen) atoms. The maximum atomic E-state index is 12.2. The van der Waals surface area contributed by atoms with E-state index in [9.17, 15) is 9.59 Å². The Morgan fingerprint density at radius 2 is 1.91 bits per heavy atom. The Kier molecular flexibility index (Phi) is 4.70. The highest BCUT2D eigenvalue weighted by Crippen LogP contribution is 2.15. The molecule has 0 atom stereocenters. The predicted octanol–water partition coefficient (Wildman–Crippen LogP) is 2.26. The summed E-state index contributed by atoms with van der Waals surface area (Å²) in [6.07, 6.45) is 2.82. The highest BCUT2D eigenvalue weighted by atomic mass is 16.5. The number of aromatic nitrogens is 3. The number of ketones is 1. The van der Waals surface area contributed by atoms with Crippen molar-refractivity contribution in [2.45, 2.75) is 34.2 Å². The minimum atomic E-state index is -0.648. The number of esters is 1. The number of hydrogen-bond acceptors (Lipinski definition) is 5. The van der Waals surface area contributed by atoms with Crippen LogP contribution >= 0.6 is 0 Å². The second-order valence-electron chi connectivity index (χ2n) is 5.07. The average Bonchev–Trinajstić information content (AvgIpc) is 2.79. The molecule has 0 amide bonds. The first-order valence-electron chi connectivity index (χ1n) is 7.09. The van der Waals surface area contributed by atoms with E-state index in [1.54, 1.807) is 6.92 Å². The van der Waals surface area contributed by atoms with E-state index in [0.29, 0.717) is 11.3 Å². The summed E-state index contributed by atoms with van der Waals surface area (Å²) in [6.45, 7) is 8.11. The highest BCUT2D eigenvalue weighted by Gasteiger charge is 2.17. The summed E-state index contributed by atoms with van der Waals surface area (Å²) in [6, 6.07) is 1.82. The fourth-order valence-electron chi connectivity index (χ4n) is 2.35. The molecular formula is C16H19N3O3. The lowest BCUT2D eigenvalue weighted by molar-refractivity contribution is 0.0468. The number of ether oxygens (including phenoxy) is 1. The van der Waals surface area contributed by atoms with E-state index in [2.05, 4.69) is 9.97 Å². The number of carbonyl (C=O) groups is 2. The van der Waals surface area contributed by atoms with Crippen molar-refractivity contribution in [2.24, 2.45) is 0 Å². The molecule has 0 aliphatic carbocycles. The van der Waals surface area contributed by atoms with Crippen LogP contribution in [0.3, 0.4) is 0 Å². The van der Waals surface area contributed by atoms with Crippen LogP contribution in [0.5, 0.6) is 0 Å². The van der Waals surface area contributed by atoms with Crippen LogP contribution in [0.2, 0.25) is 0 Å². The Labute approximate surface area is 129 Å². The maximum Gasteiger partial charge on any atom is 0.358 e. The van der Waals surface area contributed by atoms with Crippen molar-refractivity contribution < 1.29 is 14.3 Å². The molecule has 0 aliphatic rings. The van der Waals surface area contributed by atoms with Gasteiger partial charge < -0.3 is 9.30 Å². The second kappa shape index (κ2) is 6.51. The van der Waals surface area contributed by atoms with Gasteiger partial charge in [-0.1, -0.05) is 0 Å². The Bertz CT molecular complexity index is 702. The number of Topliss-reactive ketones (excluding diaryl/α,β-unsaturated/α-hetero) is 1. The summed E-state index contributed by atoms with van der Waals surface area (Å²) in [4.78, 5) is 31.9. The van der Waals surface area contributed by atoms with Gasteiger partial charge in [-0.15, -0.1) is 0 Å². The zero-order valence-corrected chi connectivity index (χ0v) is 13.2. The van der Waals surface area contributed by atoms with Gasteiger partial charge in [0.2, 0.25) is 5.78 Å². The van der Waals surface area contributed by atoms with E-state index in [4.69, 9.17) is 4.74 Å². The van der Waals surface area contributed by atoms with Gasteiger partial charge in [0.05, 0.1) is 11.9 Å². The van der Waals surface area contributed by atoms with Gasteiger partial charge in [0.15, 0.2) is 12.3 Å². The lowest BCUT2D eigenvalue weighted by atomic mass is 10.1. The Hall–Kier alpha value is -2.50. The minimum absolute atomic E-state index is 0.0948. The zero-order chi connectivity index (χ0) is 16.3. The molecule has 2 aromatic heterocycles. The van der Waals surface area contributed by atoms with E-state index >= 15 is 0 Å². The van der Waals surface area contributed by atoms with Crippen molar-refractivity contribution in [3.63, 3.8) is 0 Å². The molecule has 6 nitrogen and oxygen atoms in total. The molecule has 0 bridgehead atoms. The van der Waals surface area contributed by atoms with Gasteiger partial charge >= 0.3 is 5.97 Å². The molecule has 0 N–H and O–H groups in total. The summed E-state index contributed by atoms with van der Waals surface area (Å²) < 4.78 is 7.06. The molecule has 0 aliphatic heterocycles. The van der Waals surface area contributed by atoms with E-state index in [-0.39, 0.29) is 18.1 Å². The normalized spacial score (nSPS) is 10.5. The maximum absolute atomic E-state index is 12.2. The fourth-order valence-corrected chi connectivity index (χ4v) is 2.35. The van der Waals surface area contributed by atoms with Crippen LogP contribution in [0.25, 0.3) is 0 Å². The molecular weight excluding hydrogens is 282 g/mol. The topological polar surface area (TPSA) is 74.1 Å². The predicted molar refractivity (Wildman–Crippen MR) is 81.0 cm³/mol. The second-order valence-corrected chi connectivity index (χ2v) is 5.07. The van der Waals surface area contributed by atoms with E-state index < -0.39 is 5.97 Å². The Morgan fingerprint density at radius 3 is 2.45 bits per heavy atom. The van der Waals surface area contributed by atoms with Crippen LogP contribution in [-0.4, -0.2) is 32.9 Å². The number of nitrogens with zero attached hydrogens (tertiary/aromatic N) is 3. The molecule has 6 heteroatoms.